The maximum atomic E-state index is 13.1. The van der Waals surface area contributed by atoms with Gasteiger partial charge in [0, 0.05) is 19.3 Å². The number of nitrogens with one attached hydrogen (secondary N) is 1. The van der Waals surface area contributed by atoms with Gasteiger partial charge in [-0.25, -0.2) is 15.0 Å². The van der Waals surface area contributed by atoms with Crippen LogP contribution in [0.2, 0.25) is 0 Å². The summed E-state index contributed by atoms with van der Waals surface area (Å²) >= 11 is 0. The minimum Gasteiger partial charge on any atom is -0.387 e. The number of carbonyl (C=O) groups excluding carboxylic acids is 2. The van der Waals surface area contributed by atoms with Crippen LogP contribution in [0.4, 0.5) is 19.0 Å². The summed E-state index contributed by atoms with van der Waals surface area (Å²) in [6.07, 6.45) is -5.63. The van der Waals surface area contributed by atoms with Crippen LogP contribution >= 0.6 is 0 Å². The summed E-state index contributed by atoms with van der Waals surface area (Å²) in [6.45, 7) is -0.0600. The molecule has 0 spiro atoms. The van der Waals surface area contributed by atoms with Gasteiger partial charge in [-0.2, -0.15) is 13.2 Å². The molecule has 1 saturated carbocycles. The quantitative estimate of drug-likeness (QED) is 0.308. The normalized spacial score (nSPS) is 22.6. The van der Waals surface area contributed by atoms with E-state index in [1.54, 1.807) is 0 Å². The van der Waals surface area contributed by atoms with Crippen molar-refractivity contribution >= 4 is 28.8 Å². The molecule has 13 nitrogen and oxygen atoms in total. The van der Waals surface area contributed by atoms with Crippen molar-refractivity contribution in [2.45, 2.75) is 56.0 Å². The molecule has 5 N–H and O–H groups in total. The lowest BCUT2D eigenvalue weighted by Gasteiger charge is -2.36. The highest BCUT2D eigenvalue weighted by atomic mass is 19.4. The van der Waals surface area contributed by atoms with Gasteiger partial charge >= 0.3 is 6.18 Å². The van der Waals surface area contributed by atoms with E-state index in [0.717, 1.165) is 37.6 Å². The number of nitrogens with two attached hydrogens (primary N) is 1. The number of amides is 2. The summed E-state index contributed by atoms with van der Waals surface area (Å²) < 4.78 is 45.5. The molecule has 2 fully saturated rings. The third-order valence-corrected chi connectivity index (χ3v) is 6.99. The summed E-state index contributed by atoms with van der Waals surface area (Å²) in [5, 5.41) is 23.2. The van der Waals surface area contributed by atoms with Gasteiger partial charge in [0.1, 0.15) is 23.4 Å². The molecule has 3 aromatic heterocycles. The van der Waals surface area contributed by atoms with Gasteiger partial charge in [-0.1, -0.05) is 5.92 Å². The van der Waals surface area contributed by atoms with Gasteiger partial charge < -0.3 is 30.9 Å². The Balaban J connectivity index is 1.38. The lowest BCUT2D eigenvalue weighted by atomic mass is 9.91. The minimum atomic E-state index is -4.62. The molecule has 3 aromatic rings. The molecule has 2 amide bonds. The number of pyridine rings is 1. The Bertz CT molecular complexity index is 1530. The molecule has 2 unspecified atom stereocenters. The van der Waals surface area contributed by atoms with Crippen molar-refractivity contribution in [1.29, 1.82) is 0 Å². The fraction of sp³-hybridized carbons (Fsp3) is 0.440. The number of hydrogen-bond acceptors (Lipinski definition) is 10. The first-order valence-corrected chi connectivity index (χ1v) is 12.6. The summed E-state index contributed by atoms with van der Waals surface area (Å²) in [5.74, 6) is 4.37. The fourth-order valence-corrected chi connectivity index (χ4v) is 4.55. The molecule has 216 valence electrons. The van der Waals surface area contributed by atoms with Crippen LogP contribution in [0.5, 0.6) is 0 Å². The maximum absolute atomic E-state index is 13.1. The molecule has 2 aliphatic rings. The molecule has 4 heterocycles. The van der Waals surface area contributed by atoms with Crippen molar-refractivity contribution in [2.24, 2.45) is 0 Å². The number of aliphatic hydroxyl groups is 2. The van der Waals surface area contributed by atoms with Gasteiger partial charge in [0.05, 0.1) is 18.4 Å². The second-order valence-electron chi connectivity index (χ2n) is 9.55. The third-order valence-electron chi connectivity index (χ3n) is 6.99. The van der Waals surface area contributed by atoms with Gasteiger partial charge in [0.15, 0.2) is 23.8 Å². The van der Waals surface area contributed by atoms with Crippen LogP contribution in [-0.4, -0.2) is 89.4 Å². The number of halogens is 3. The Kier molecular flexibility index (Phi) is 7.51. The lowest BCUT2D eigenvalue weighted by molar-refractivity contribution is -0.141. The number of carbonyl (C=O) groups is 2. The topological polar surface area (TPSA) is 182 Å². The van der Waals surface area contributed by atoms with E-state index in [1.807, 2.05) is 0 Å². The highest BCUT2D eigenvalue weighted by molar-refractivity contribution is 5.94. The van der Waals surface area contributed by atoms with Crippen LogP contribution in [0.1, 0.15) is 47.4 Å². The number of anilines is 1. The number of alkyl halides is 3. The van der Waals surface area contributed by atoms with E-state index in [1.165, 1.54) is 22.8 Å². The number of rotatable bonds is 5. The molecule has 1 saturated heterocycles. The van der Waals surface area contributed by atoms with Crippen molar-refractivity contribution in [3.05, 3.63) is 41.7 Å². The molecular formula is C25H25F3N8O5. The Morgan fingerprint density at radius 3 is 2.59 bits per heavy atom. The first-order valence-electron chi connectivity index (χ1n) is 12.6. The van der Waals surface area contributed by atoms with E-state index in [4.69, 9.17) is 10.5 Å². The van der Waals surface area contributed by atoms with Crippen LogP contribution in [0.3, 0.4) is 0 Å². The second kappa shape index (κ2) is 10.9. The Labute approximate surface area is 230 Å². The Hall–Kier alpha value is -4.33. The van der Waals surface area contributed by atoms with Crippen LogP contribution in [0.25, 0.3) is 11.2 Å². The zero-order valence-electron chi connectivity index (χ0n) is 21.5. The van der Waals surface area contributed by atoms with Crippen LogP contribution in [0, 0.1) is 11.8 Å². The largest absolute Gasteiger partial charge is 0.433 e. The maximum Gasteiger partial charge on any atom is 0.433 e. The number of aliphatic hydroxyl groups excluding tert-OH is 2. The van der Waals surface area contributed by atoms with Gasteiger partial charge in [-0.05, 0) is 37.3 Å². The van der Waals surface area contributed by atoms with E-state index in [9.17, 15) is 33.0 Å². The molecule has 5 rings (SSSR count). The van der Waals surface area contributed by atoms with Gasteiger partial charge in [-0.15, -0.1) is 0 Å². The van der Waals surface area contributed by atoms with Crippen molar-refractivity contribution in [3.63, 3.8) is 0 Å². The highest BCUT2D eigenvalue weighted by Gasteiger charge is 2.47. The first-order chi connectivity index (χ1) is 19.5. The van der Waals surface area contributed by atoms with Crippen LogP contribution in [0.15, 0.2) is 24.7 Å². The number of ether oxygens (including phenoxy) is 1. The van der Waals surface area contributed by atoms with E-state index in [2.05, 4.69) is 37.1 Å². The average molecular weight is 575 g/mol. The predicted octanol–water partition coefficient (Wildman–Crippen LogP) is 0.234. The van der Waals surface area contributed by atoms with E-state index in [0.29, 0.717) is 0 Å². The SMILES string of the molecule is CNC(=O)C1OC(n2cnc3c(N)nc(C#CCN(C(=O)c4ccc(C(F)(F)F)nc4)C4CCC4)nc32)[C@H](O)[C@@H]1O. The zero-order valence-corrected chi connectivity index (χ0v) is 21.5. The average Bonchev–Trinajstić information content (AvgIpc) is 3.46. The zero-order chi connectivity index (χ0) is 29.5. The molecule has 16 heteroatoms. The number of imidazole rings is 1. The van der Waals surface area contributed by atoms with Crippen molar-refractivity contribution in [2.75, 3.05) is 19.3 Å². The van der Waals surface area contributed by atoms with E-state index >= 15 is 0 Å². The first kappa shape index (κ1) is 28.2. The lowest BCUT2D eigenvalue weighted by Crippen LogP contribution is -2.44. The number of fused-ring (bicyclic) bond motifs is 1. The Morgan fingerprint density at radius 1 is 1.22 bits per heavy atom. The molecular weight excluding hydrogens is 549 g/mol. The van der Waals surface area contributed by atoms with Crippen LogP contribution in [-0.2, 0) is 15.7 Å². The molecule has 1 aliphatic carbocycles. The molecule has 1 aliphatic heterocycles. The van der Waals surface area contributed by atoms with Crippen molar-refractivity contribution in [1.82, 2.24) is 34.7 Å². The summed E-state index contributed by atoms with van der Waals surface area (Å²) in [6, 6.07) is 1.71. The second-order valence-corrected chi connectivity index (χ2v) is 9.55. The standard InChI is InChI=1S/C25H25F3N8O5/c1-30-22(39)19-17(37)18(38)24(41-19)36-11-32-16-20(29)33-15(34-21(16)36)6-3-9-35(13-4-2-5-13)23(40)12-7-8-14(31-10-12)25(26,27)28/h7-8,10-11,13,17-19,24,37-38H,2,4-5,9H2,1H3,(H,30,39)(H2,29,33,34)/t17-,18+,19?,24?/m0/s1. The number of hydrogen-bond donors (Lipinski definition) is 4. The van der Waals surface area contributed by atoms with Crippen molar-refractivity contribution < 1.29 is 37.7 Å². The molecule has 0 bridgehead atoms. The number of aromatic nitrogens is 5. The van der Waals surface area contributed by atoms with E-state index in [-0.39, 0.29) is 41.0 Å². The van der Waals surface area contributed by atoms with Crippen LogP contribution < -0.4 is 11.1 Å². The minimum absolute atomic E-state index is 0.00452. The number of nitrogens with zero attached hydrogens (tertiary/aromatic N) is 6. The molecule has 4 atom stereocenters. The third kappa shape index (κ3) is 5.38. The van der Waals surface area contributed by atoms with E-state index < -0.39 is 48.2 Å². The molecule has 0 aromatic carbocycles. The monoisotopic (exact) mass is 574 g/mol. The molecule has 0 radical (unpaired) electrons. The predicted molar refractivity (Wildman–Crippen MR) is 135 cm³/mol. The van der Waals surface area contributed by atoms with Gasteiger partial charge in [-0.3, -0.25) is 19.1 Å². The van der Waals surface area contributed by atoms with Crippen molar-refractivity contribution in [3.8, 4) is 11.8 Å². The van der Waals surface area contributed by atoms with Gasteiger partial charge in [0.2, 0.25) is 5.82 Å². The fourth-order valence-electron chi connectivity index (χ4n) is 4.55. The van der Waals surface area contributed by atoms with Gasteiger partial charge in [0.25, 0.3) is 11.8 Å². The summed E-state index contributed by atoms with van der Waals surface area (Å²) in [4.78, 5) is 42.6. The number of likely N-dealkylation sites (N-methyl/N-ethyl adjacent to an activating group) is 1. The summed E-state index contributed by atoms with van der Waals surface area (Å²) in [7, 11) is 1.36. The highest BCUT2D eigenvalue weighted by Crippen LogP contribution is 2.32. The summed E-state index contributed by atoms with van der Waals surface area (Å²) in [5.41, 5.74) is 5.25. The Morgan fingerprint density at radius 2 is 1.98 bits per heavy atom. The number of nitrogen functional groups attached to an aromatic ring is 1. The molecule has 41 heavy (non-hydrogen) atoms. The smallest absolute Gasteiger partial charge is 0.387 e.